The number of hydrogen-bond donors (Lipinski definition) is 0. The average molecular weight is 346 g/mol. The first-order valence-electron chi connectivity index (χ1n) is 7.00. The minimum atomic E-state index is -0.273. The summed E-state index contributed by atoms with van der Waals surface area (Å²) in [4.78, 5) is 29.9. The SMILES string of the molecule is CC(C)N1C(=O)SC(=Cc2ccc(Sc3ccccn3)o2)C1=O. The second-order valence-electron chi connectivity index (χ2n) is 5.07. The smallest absolute Gasteiger partial charge is 0.293 e. The molecule has 0 N–H and O–H groups in total. The summed E-state index contributed by atoms with van der Waals surface area (Å²) in [5.41, 5.74) is 0. The third-order valence-electron chi connectivity index (χ3n) is 3.06. The summed E-state index contributed by atoms with van der Waals surface area (Å²) in [6.45, 7) is 3.63. The van der Waals surface area contributed by atoms with Crippen LogP contribution < -0.4 is 0 Å². The minimum Gasteiger partial charge on any atom is -0.450 e. The van der Waals surface area contributed by atoms with Gasteiger partial charge in [-0.15, -0.1) is 0 Å². The fourth-order valence-corrected chi connectivity index (χ4v) is 3.71. The van der Waals surface area contributed by atoms with E-state index in [1.807, 2.05) is 38.1 Å². The maximum absolute atomic E-state index is 12.2. The average Bonchev–Trinajstić information content (AvgIpc) is 3.05. The van der Waals surface area contributed by atoms with Gasteiger partial charge in [0.2, 0.25) is 0 Å². The number of carbonyl (C=O) groups is 2. The zero-order valence-corrected chi connectivity index (χ0v) is 14.2. The Balaban J connectivity index is 1.76. The van der Waals surface area contributed by atoms with Crippen LogP contribution in [0.5, 0.6) is 0 Å². The molecule has 118 valence electrons. The molecular weight excluding hydrogens is 332 g/mol. The second-order valence-corrected chi connectivity index (χ2v) is 7.09. The monoisotopic (exact) mass is 346 g/mol. The molecule has 0 aromatic carbocycles. The predicted molar refractivity (Wildman–Crippen MR) is 90.0 cm³/mol. The maximum atomic E-state index is 12.2. The van der Waals surface area contributed by atoms with Crippen molar-refractivity contribution in [3.8, 4) is 0 Å². The molecule has 3 rings (SSSR count). The molecule has 5 nitrogen and oxygen atoms in total. The van der Waals surface area contributed by atoms with Crippen molar-refractivity contribution in [3.63, 3.8) is 0 Å². The number of nitrogens with zero attached hydrogens (tertiary/aromatic N) is 2. The lowest BCUT2D eigenvalue weighted by Crippen LogP contribution is -2.34. The number of carbonyl (C=O) groups excluding carboxylic acids is 2. The molecule has 2 amide bonds. The van der Waals surface area contributed by atoms with Crippen LogP contribution in [0.1, 0.15) is 19.6 Å². The predicted octanol–water partition coefficient (Wildman–Crippen LogP) is 4.27. The highest BCUT2D eigenvalue weighted by molar-refractivity contribution is 8.18. The van der Waals surface area contributed by atoms with Crippen LogP contribution in [-0.4, -0.2) is 27.1 Å². The number of rotatable bonds is 4. The molecule has 2 aromatic heterocycles. The van der Waals surface area contributed by atoms with Crippen LogP contribution in [0.3, 0.4) is 0 Å². The summed E-state index contributed by atoms with van der Waals surface area (Å²) in [5, 5.41) is 1.26. The second kappa shape index (κ2) is 6.64. The van der Waals surface area contributed by atoms with Gasteiger partial charge in [0, 0.05) is 18.3 Å². The van der Waals surface area contributed by atoms with Gasteiger partial charge < -0.3 is 4.42 Å². The van der Waals surface area contributed by atoms with Crippen LogP contribution in [0, 0.1) is 0 Å². The Morgan fingerprint density at radius 3 is 2.74 bits per heavy atom. The third-order valence-corrected chi connectivity index (χ3v) is 4.81. The van der Waals surface area contributed by atoms with Gasteiger partial charge in [-0.3, -0.25) is 14.5 Å². The molecular formula is C16H14N2O3S2. The van der Waals surface area contributed by atoms with Crippen molar-refractivity contribution in [3.05, 3.63) is 47.2 Å². The molecule has 0 bridgehead atoms. The number of imide groups is 1. The third kappa shape index (κ3) is 3.51. The summed E-state index contributed by atoms with van der Waals surface area (Å²) in [5.74, 6) is 0.267. The molecule has 2 aromatic rings. The van der Waals surface area contributed by atoms with Crippen molar-refractivity contribution in [1.82, 2.24) is 9.88 Å². The molecule has 0 radical (unpaired) electrons. The van der Waals surface area contributed by atoms with E-state index in [0.29, 0.717) is 15.8 Å². The van der Waals surface area contributed by atoms with Crippen LogP contribution in [0.2, 0.25) is 0 Å². The van der Waals surface area contributed by atoms with Crippen LogP contribution in [0.25, 0.3) is 6.08 Å². The molecule has 0 spiro atoms. The van der Waals surface area contributed by atoms with E-state index in [2.05, 4.69) is 4.98 Å². The summed E-state index contributed by atoms with van der Waals surface area (Å²) >= 11 is 2.33. The van der Waals surface area contributed by atoms with Crippen LogP contribution in [-0.2, 0) is 4.79 Å². The van der Waals surface area contributed by atoms with Gasteiger partial charge in [-0.1, -0.05) is 6.07 Å². The number of furan rings is 1. The minimum absolute atomic E-state index is 0.153. The van der Waals surface area contributed by atoms with Crippen molar-refractivity contribution in [1.29, 1.82) is 0 Å². The maximum Gasteiger partial charge on any atom is 0.293 e. The van der Waals surface area contributed by atoms with Crippen LogP contribution in [0.4, 0.5) is 4.79 Å². The highest BCUT2D eigenvalue weighted by Crippen LogP contribution is 2.35. The molecule has 0 saturated carbocycles. The van der Waals surface area contributed by atoms with E-state index in [0.717, 1.165) is 16.8 Å². The Morgan fingerprint density at radius 1 is 1.26 bits per heavy atom. The van der Waals surface area contributed by atoms with Crippen LogP contribution in [0.15, 0.2) is 56.0 Å². The summed E-state index contributed by atoms with van der Waals surface area (Å²) in [6.07, 6.45) is 3.32. The molecule has 7 heteroatoms. The molecule has 0 atom stereocenters. The fourth-order valence-electron chi connectivity index (χ4n) is 2.03. The van der Waals surface area contributed by atoms with E-state index >= 15 is 0 Å². The van der Waals surface area contributed by atoms with Gasteiger partial charge in [-0.05, 0) is 61.6 Å². The largest absolute Gasteiger partial charge is 0.450 e. The Kier molecular flexibility index (Phi) is 4.58. The number of thioether (sulfide) groups is 1. The van der Waals surface area contributed by atoms with Gasteiger partial charge in [0.15, 0.2) is 5.09 Å². The molecule has 1 saturated heterocycles. The highest BCUT2D eigenvalue weighted by atomic mass is 32.2. The Labute approximate surface area is 142 Å². The first kappa shape index (κ1) is 15.9. The van der Waals surface area contributed by atoms with E-state index in [1.165, 1.54) is 16.7 Å². The molecule has 1 aliphatic heterocycles. The number of pyridine rings is 1. The van der Waals surface area contributed by atoms with Crippen molar-refractivity contribution in [2.75, 3.05) is 0 Å². The van der Waals surface area contributed by atoms with E-state index in [1.54, 1.807) is 18.3 Å². The molecule has 3 heterocycles. The first-order valence-corrected chi connectivity index (χ1v) is 8.63. The van der Waals surface area contributed by atoms with Gasteiger partial charge in [0.25, 0.3) is 11.1 Å². The zero-order valence-electron chi connectivity index (χ0n) is 12.6. The van der Waals surface area contributed by atoms with Gasteiger partial charge >= 0.3 is 0 Å². The highest BCUT2D eigenvalue weighted by Gasteiger charge is 2.36. The molecule has 0 unspecified atom stereocenters. The number of hydrogen-bond acceptors (Lipinski definition) is 6. The number of amides is 2. The normalized spacial score (nSPS) is 16.8. The Hall–Kier alpha value is -1.99. The molecule has 1 fully saturated rings. The summed E-state index contributed by atoms with van der Waals surface area (Å²) in [6, 6.07) is 9.08. The standard InChI is InChI=1S/C16H14N2O3S2/c1-10(2)18-15(19)12(22-16(18)20)9-11-6-7-14(21-11)23-13-5-3-4-8-17-13/h3-10H,1-2H3. The van der Waals surface area contributed by atoms with E-state index in [4.69, 9.17) is 4.42 Å². The molecule has 23 heavy (non-hydrogen) atoms. The Morgan fingerprint density at radius 2 is 2.09 bits per heavy atom. The van der Waals surface area contributed by atoms with Gasteiger partial charge in [-0.2, -0.15) is 0 Å². The lowest BCUT2D eigenvalue weighted by molar-refractivity contribution is -0.123. The van der Waals surface area contributed by atoms with Gasteiger partial charge in [-0.25, -0.2) is 4.98 Å². The fraction of sp³-hybridized carbons (Fsp3) is 0.188. The van der Waals surface area contributed by atoms with E-state index in [9.17, 15) is 9.59 Å². The summed E-state index contributed by atoms with van der Waals surface area (Å²) in [7, 11) is 0. The Bertz CT molecular complexity index is 769. The van der Waals surface area contributed by atoms with Crippen molar-refractivity contribution in [2.45, 2.75) is 30.0 Å². The zero-order chi connectivity index (χ0) is 16.4. The van der Waals surface area contributed by atoms with Gasteiger partial charge in [0.1, 0.15) is 10.8 Å². The van der Waals surface area contributed by atoms with E-state index < -0.39 is 0 Å². The van der Waals surface area contributed by atoms with Crippen molar-refractivity contribution >= 4 is 40.7 Å². The quantitative estimate of drug-likeness (QED) is 0.770. The molecule has 1 aliphatic rings. The van der Waals surface area contributed by atoms with Crippen molar-refractivity contribution in [2.24, 2.45) is 0 Å². The molecule has 0 aliphatic carbocycles. The lowest BCUT2D eigenvalue weighted by atomic mass is 10.3. The number of aromatic nitrogens is 1. The topological polar surface area (TPSA) is 63.4 Å². The van der Waals surface area contributed by atoms with Crippen LogP contribution >= 0.6 is 23.5 Å². The summed E-state index contributed by atoms with van der Waals surface area (Å²) < 4.78 is 5.68. The van der Waals surface area contributed by atoms with E-state index in [-0.39, 0.29) is 17.2 Å². The first-order chi connectivity index (χ1) is 11.0. The van der Waals surface area contributed by atoms with Crippen molar-refractivity contribution < 1.29 is 14.0 Å². The van der Waals surface area contributed by atoms with Gasteiger partial charge in [0.05, 0.1) is 4.91 Å². The lowest BCUT2D eigenvalue weighted by Gasteiger charge is -2.16.